The highest BCUT2D eigenvalue weighted by Crippen LogP contribution is 2.34. The van der Waals surface area contributed by atoms with E-state index in [9.17, 15) is 20.0 Å². The Balaban J connectivity index is 1.56. The van der Waals surface area contributed by atoms with Crippen LogP contribution in [0.1, 0.15) is 16.1 Å². The van der Waals surface area contributed by atoms with Crippen LogP contribution in [0.2, 0.25) is 0 Å². The standard InChI is InChI=1S/C23H23N3O7/c1-31-22-13-16(3-5-18(22)21-7-4-17(14-27)33-21)24-23(28)15-2-6-19(20(12-15)26(29)30)25-8-10-32-11-9-25/h2-7,12-13,27H,8-11,14H2,1H3,(H,24,28). The molecule has 0 saturated carbocycles. The first kappa shape index (κ1) is 22.3. The lowest BCUT2D eigenvalue weighted by molar-refractivity contribution is -0.384. The number of hydrogen-bond acceptors (Lipinski definition) is 8. The number of aliphatic hydroxyl groups excluding tert-OH is 1. The summed E-state index contributed by atoms with van der Waals surface area (Å²) in [5.41, 5.74) is 1.61. The molecule has 2 heterocycles. The molecule has 4 rings (SSSR count). The number of carbonyl (C=O) groups is 1. The van der Waals surface area contributed by atoms with Crippen molar-refractivity contribution in [2.45, 2.75) is 6.61 Å². The number of morpholine rings is 1. The highest BCUT2D eigenvalue weighted by molar-refractivity contribution is 6.05. The molecule has 0 unspecified atom stereocenters. The summed E-state index contributed by atoms with van der Waals surface area (Å²) < 4.78 is 16.3. The molecule has 10 nitrogen and oxygen atoms in total. The molecule has 3 aromatic rings. The van der Waals surface area contributed by atoms with Crippen molar-refractivity contribution >= 4 is 23.0 Å². The number of methoxy groups -OCH3 is 1. The third-order valence-electron chi connectivity index (χ3n) is 5.33. The van der Waals surface area contributed by atoms with Gasteiger partial charge in [-0.3, -0.25) is 14.9 Å². The number of ether oxygens (including phenoxy) is 2. The molecule has 0 aliphatic carbocycles. The number of nitrogens with zero attached hydrogens (tertiary/aromatic N) is 2. The van der Waals surface area contributed by atoms with Gasteiger partial charge < -0.3 is 29.2 Å². The third kappa shape index (κ3) is 4.81. The average Bonchev–Trinajstić information content (AvgIpc) is 3.33. The summed E-state index contributed by atoms with van der Waals surface area (Å²) in [7, 11) is 1.49. The molecular formula is C23H23N3O7. The molecule has 10 heteroatoms. The molecule has 172 valence electrons. The Morgan fingerprint density at radius 1 is 1.18 bits per heavy atom. The summed E-state index contributed by atoms with van der Waals surface area (Å²) in [6, 6.07) is 12.9. The fraction of sp³-hybridized carbons (Fsp3) is 0.261. The summed E-state index contributed by atoms with van der Waals surface area (Å²) in [6.07, 6.45) is 0. The van der Waals surface area contributed by atoms with Gasteiger partial charge in [-0.15, -0.1) is 0 Å². The quantitative estimate of drug-likeness (QED) is 0.411. The molecule has 33 heavy (non-hydrogen) atoms. The second kappa shape index (κ2) is 9.72. The fourth-order valence-corrected chi connectivity index (χ4v) is 3.67. The maximum atomic E-state index is 12.8. The smallest absolute Gasteiger partial charge is 0.293 e. The topological polar surface area (TPSA) is 127 Å². The molecule has 1 aromatic heterocycles. The van der Waals surface area contributed by atoms with E-state index < -0.39 is 10.8 Å². The number of furan rings is 1. The minimum absolute atomic E-state index is 0.130. The van der Waals surface area contributed by atoms with E-state index in [0.29, 0.717) is 60.5 Å². The highest BCUT2D eigenvalue weighted by Gasteiger charge is 2.23. The zero-order chi connectivity index (χ0) is 23.4. The van der Waals surface area contributed by atoms with Crippen molar-refractivity contribution in [1.82, 2.24) is 0 Å². The van der Waals surface area contributed by atoms with Crippen LogP contribution in [0.5, 0.6) is 5.75 Å². The maximum absolute atomic E-state index is 12.8. The van der Waals surface area contributed by atoms with Crippen molar-refractivity contribution < 1.29 is 28.7 Å². The molecule has 0 spiro atoms. The molecule has 1 fully saturated rings. The molecule has 0 radical (unpaired) electrons. The van der Waals surface area contributed by atoms with Crippen LogP contribution in [0, 0.1) is 10.1 Å². The van der Waals surface area contributed by atoms with Crippen LogP contribution in [0.25, 0.3) is 11.3 Å². The Bertz CT molecular complexity index is 1170. The van der Waals surface area contributed by atoms with E-state index in [0.717, 1.165) is 0 Å². The molecule has 2 N–H and O–H groups in total. The average molecular weight is 453 g/mol. The second-order valence-corrected chi connectivity index (χ2v) is 7.35. The fourth-order valence-electron chi connectivity index (χ4n) is 3.67. The maximum Gasteiger partial charge on any atom is 0.293 e. The first-order chi connectivity index (χ1) is 16.0. The van der Waals surface area contributed by atoms with E-state index in [1.807, 2.05) is 4.90 Å². The van der Waals surface area contributed by atoms with Gasteiger partial charge in [-0.05, 0) is 36.4 Å². The zero-order valence-corrected chi connectivity index (χ0v) is 17.9. The van der Waals surface area contributed by atoms with Gasteiger partial charge in [-0.2, -0.15) is 0 Å². The number of benzene rings is 2. The van der Waals surface area contributed by atoms with Crippen LogP contribution in [0.15, 0.2) is 52.9 Å². The Morgan fingerprint density at radius 2 is 1.97 bits per heavy atom. The van der Waals surface area contributed by atoms with Gasteiger partial charge in [0.25, 0.3) is 11.6 Å². The minimum atomic E-state index is -0.484. The highest BCUT2D eigenvalue weighted by atomic mass is 16.6. The SMILES string of the molecule is COc1cc(NC(=O)c2ccc(N3CCOCC3)c([N+](=O)[O-])c2)ccc1-c1ccc(CO)o1. The lowest BCUT2D eigenvalue weighted by atomic mass is 10.1. The molecular weight excluding hydrogens is 430 g/mol. The molecule has 1 aliphatic heterocycles. The Kier molecular flexibility index (Phi) is 6.57. The molecule has 0 bridgehead atoms. The van der Waals surface area contributed by atoms with Gasteiger partial charge in [0.15, 0.2) is 0 Å². The van der Waals surface area contributed by atoms with Crippen molar-refractivity contribution in [2.75, 3.05) is 43.6 Å². The van der Waals surface area contributed by atoms with Gasteiger partial charge in [0, 0.05) is 36.5 Å². The Labute approximate surface area is 189 Å². The van der Waals surface area contributed by atoms with E-state index >= 15 is 0 Å². The lowest BCUT2D eigenvalue weighted by Gasteiger charge is -2.28. The monoisotopic (exact) mass is 453 g/mol. The number of amides is 1. The molecule has 1 aliphatic rings. The van der Waals surface area contributed by atoms with Crippen molar-refractivity contribution in [1.29, 1.82) is 0 Å². The van der Waals surface area contributed by atoms with Crippen LogP contribution >= 0.6 is 0 Å². The molecule has 1 saturated heterocycles. The number of rotatable bonds is 7. The summed E-state index contributed by atoms with van der Waals surface area (Å²) in [5.74, 6) is 0.914. The van der Waals surface area contributed by atoms with Crippen molar-refractivity contribution in [3.63, 3.8) is 0 Å². The van der Waals surface area contributed by atoms with Gasteiger partial charge in [0.05, 0.1) is 30.8 Å². The summed E-state index contributed by atoms with van der Waals surface area (Å²) in [5, 5.41) is 23.6. The van der Waals surface area contributed by atoms with Crippen LogP contribution in [-0.4, -0.2) is 49.4 Å². The number of nitro groups is 1. The normalized spacial score (nSPS) is 13.6. The molecule has 1 amide bonds. The number of nitro benzene ring substituents is 1. The van der Waals surface area contributed by atoms with Crippen molar-refractivity contribution in [2.24, 2.45) is 0 Å². The van der Waals surface area contributed by atoms with Gasteiger partial charge in [-0.1, -0.05) is 0 Å². The Hall–Kier alpha value is -3.89. The van der Waals surface area contributed by atoms with Crippen LogP contribution in [-0.2, 0) is 11.3 Å². The van der Waals surface area contributed by atoms with Crippen LogP contribution < -0.4 is 15.0 Å². The number of anilines is 2. The van der Waals surface area contributed by atoms with E-state index in [1.165, 1.54) is 13.2 Å². The zero-order valence-electron chi connectivity index (χ0n) is 17.9. The lowest BCUT2D eigenvalue weighted by Crippen LogP contribution is -2.36. The van der Waals surface area contributed by atoms with Crippen LogP contribution in [0.3, 0.4) is 0 Å². The van der Waals surface area contributed by atoms with Gasteiger partial charge >= 0.3 is 0 Å². The van der Waals surface area contributed by atoms with Crippen molar-refractivity contribution in [3.05, 3.63) is 70.0 Å². The first-order valence-electron chi connectivity index (χ1n) is 10.3. The second-order valence-electron chi connectivity index (χ2n) is 7.35. The van der Waals surface area contributed by atoms with E-state index in [4.69, 9.17) is 13.9 Å². The largest absolute Gasteiger partial charge is 0.496 e. The van der Waals surface area contributed by atoms with E-state index in [-0.39, 0.29) is 17.9 Å². The summed E-state index contributed by atoms with van der Waals surface area (Å²) >= 11 is 0. The third-order valence-corrected chi connectivity index (χ3v) is 5.33. The summed E-state index contributed by atoms with van der Waals surface area (Å²) in [4.78, 5) is 25.9. The Morgan fingerprint density at radius 3 is 2.64 bits per heavy atom. The molecule has 2 aromatic carbocycles. The van der Waals surface area contributed by atoms with Crippen LogP contribution in [0.4, 0.5) is 17.1 Å². The van der Waals surface area contributed by atoms with Gasteiger partial charge in [0.1, 0.15) is 29.6 Å². The van der Waals surface area contributed by atoms with Gasteiger partial charge in [-0.25, -0.2) is 0 Å². The van der Waals surface area contributed by atoms with E-state index in [2.05, 4.69) is 5.32 Å². The number of nitrogens with one attached hydrogen (secondary N) is 1. The first-order valence-corrected chi connectivity index (χ1v) is 10.3. The number of carbonyl (C=O) groups excluding carboxylic acids is 1. The van der Waals surface area contributed by atoms with Gasteiger partial charge in [0.2, 0.25) is 0 Å². The summed E-state index contributed by atoms with van der Waals surface area (Å²) in [6.45, 7) is 1.88. The minimum Gasteiger partial charge on any atom is -0.496 e. The molecule has 0 atom stereocenters. The predicted molar refractivity (Wildman–Crippen MR) is 121 cm³/mol. The predicted octanol–water partition coefficient (Wildman–Crippen LogP) is 3.44. The number of aliphatic hydroxyl groups is 1. The van der Waals surface area contributed by atoms with Crippen molar-refractivity contribution in [3.8, 4) is 17.1 Å². The van der Waals surface area contributed by atoms with E-state index in [1.54, 1.807) is 42.5 Å². The number of hydrogen-bond donors (Lipinski definition) is 2.